The Morgan fingerprint density at radius 3 is 3.00 bits per heavy atom. The summed E-state index contributed by atoms with van der Waals surface area (Å²) in [6.07, 6.45) is 3.04. The van der Waals surface area contributed by atoms with Crippen LogP contribution < -0.4 is 10.6 Å². The van der Waals surface area contributed by atoms with Gasteiger partial charge in [0.2, 0.25) is 0 Å². The molecule has 2 unspecified atom stereocenters. The molecule has 0 amide bonds. The highest BCUT2D eigenvalue weighted by Crippen LogP contribution is 2.31. The number of rotatable bonds is 4. The van der Waals surface area contributed by atoms with Gasteiger partial charge < -0.3 is 15.7 Å². The molecule has 4 heteroatoms. The van der Waals surface area contributed by atoms with Crippen LogP contribution in [0, 0.1) is 11.7 Å². The maximum absolute atomic E-state index is 14.0. The number of nitrogens with zero attached hydrogens (tertiary/aromatic N) is 1. The summed E-state index contributed by atoms with van der Waals surface area (Å²) in [7, 11) is 0. The van der Waals surface area contributed by atoms with Crippen molar-refractivity contribution in [1.82, 2.24) is 0 Å². The van der Waals surface area contributed by atoms with Gasteiger partial charge in [-0.2, -0.15) is 0 Å². The van der Waals surface area contributed by atoms with Gasteiger partial charge in [0.15, 0.2) is 0 Å². The zero-order chi connectivity index (χ0) is 13.8. The molecule has 0 aromatic heterocycles. The molecule has 0 radical (unpaired) electrons. The maximum atomic E-state index is 14.0. The summed E-state index contributed by atoms with van der Waals surface area (Å²) in [6, 6.07) is 4.85. The van der Waals surface area contributed by atoms with Gasteiger partial charge in [0.1, 0.15) is 5.82 Å². The molecule has 2 atom stereocenters. The fraction of sp³-hybridized carbons (Fsp3) is 0.600. The molecule has 1 fully saturated rings. The Morgan fingerprint density at radius 1 is 1.53 bits per heavy atom. The van der Waals surface area contributed by atoms with E-state index in [0.717, 1.165) is 38.0 Å². The molecule has 1 aromatic rings. The van der Waals surface area contributed by atoms with Crippen molar-refractivity contribution < 1.29 is 9.50 Å². The van der Waals surface area contributed by atoms with Crippen molar-refractivity contribution in [2.75, 3.05) is 24.6 Å². The number of halogens is 1. The molecule has 0 saturated carbocycles. The lowest BCUT2D eigenvalue weighted by Gasteiger charge is -2.36. The number of aliphatic hydroxyl groups is 1. The number of benzene rings is 1. The second-order valence-corrected chi connectivity index (χ2v) is 5.43. The Bertz CT molecular complexity index is 421. The summed E-state index contributed by atoms with van der Waals surface area (Å²) >= 11 is 0. The van der Waals surface area contributed by atoms with Crippen molar-refractivity contribution in [1.29, 1.82) is 0 Å². The second-order valence-electron chi connectivity index (χ2n) is 5.43. The van der Waals surface area contributed by atoms with Crippen LogP contribution >= 0.6 is 0 Å². The summed E-state index contributed by atoms with van der Waals surface area (Å²) in [4.78, 5) is 2.21. The Balaban J connectivity index is 2.23. The highest BCUT2D eigenvalue weighted by Gasteiger charge is 2.23. The Labute approximate surface area is 114 Å². The SMILES string of the molecule is CC(N)c1c(F)cccc1N1CCCC(CCO)C1. The highest BCUT2D eigenvalue weighted by molar-refractivity contribution is 5.55. The van der Waals surface area contributed by atoms with E-state index in [2.05, 4.69) is 4.90 Å². The van der Waals surface area contributed by atoms with Gasteiger partial charge in [-0.15, -0.1) is 0 Å². The number of hydrogen-bond acceptors (Lipinski definition) is 3. The summed E-state index contributed by atoms with van der Waals surface area (Å²) < 4.78 is 14.0. The lowest BCUT2D eigenvalue weighted by molar-refractivity contribution is 0.244. The van der Waals surface area contributed by atoms with Crippen LogP contribution in [0.1, 0.15) is 37.8 Å². The fourth-order valence-electron chi connectivity index (χ4n) is 2.95. The molecule has 1 aliphatic rings. The average Bonchev–Trinajstić information content (AvgIpc) is 2.38. The van der Waals surface area contributed by atoms with Gasteiger partial charge in [-0.25, -0.2) is 4.39 Å². The lowest BCUT2D eigenvalue weighted by Crippen LogP contribution is -2.36. The van der Waals surface area contributed by atoms with Gasteiger partial charge in [-0.1, -0.05) is 6.07 Å². The van der Waals surface area contributed by atoms with E-state index in [-0.39, 0.29) is 18.5 Å². The minimum atomic E-state index is -0.311. The van der Waals surface area contributed by atoms with Gasteiger partial charge >= 0.3 is 0 Å². The van der Waals surface area contributed by atoms with Crippen molar-refractivity contribution in [2.45, 2.75) is 32.2 Å². The Kier molecular flexibility index (Phi) is 4.77. The van der Waals surface area contributed by atoms with Crippen LogP contribution in [-0.2, 0) is 0 Å². The quantitative estimate of drug-likeness (QED) is 0.880. The fourth-order valence-corrected chi connectivity index (χ4v) is 2.95. The van der Waals surface area contributed by atoms with Crippen molar-refractivity contribution in [2.24, 2.45) is 11.7 Å². The van der Waals surface area contributed by atoms with Gasteiger partial charge in [0.05, 0.1) is 0 Å². The van der Waals surface area contributed by atoms with Gasteiger partial charge in [0, 0.05) is 37.0 Å². The molecule has 0 bridgehead atoms. The number of anilines is 1. The maximum Gasteiger partial charge on any atom is 0.130 e. The molecule has 3 N–H and O–H groups in total. The van der Waals surface area contributed by atoms with Crippen LogP contribution in [0.3, 0.4) is 0 Å². The van der Waals surface area contributed by atoms with E-state index in [9.17, 15) is 4.39 Å². The van der Waals surface area contributed by atoms with Gasteiger partial charge in [0.25, 0.3) is 0 Å². The number of nitrogens with two attached hydrogens (primary N) is 1. The smallest absolute Gasteiger partial charge is 0.130 e. The average molecular weight is 266 g/mol. The zero-order valence-electron chi connectivity index (χ0n) is 11.5. The van der Waals surface area contributed by atoms with E-state index in [1.54, 1.807) is 6.07 Å². The third-order valence-electron chi connectivity index (χ3n) is 3.88. The minimum absolute atomic E-state index is 0.224. The van der Waals surface area contributed by atoms with E-state index in [1.165, 1.54) is 6.07 Å². The third-order valence-corrected chi connectivity index (χ3v) is 3.88. The minimum Gasteiger partial charge on any atom is -0.396 e. The van der Waals surface area contributed by atoms with Crippen LogP contribution in [0.5, 0.6) is 0 Å². The van der Waals surface area contributed by atoms with E-state index in [0.29, 0.717) is 11.5 Å². The van der Waals surface area contributed by atoms with Crippen LogP contribution in [-0.4, -0.2) is 24.8 Å². The third kappa shape index (κ3) is 3.25. The summed E-state index contributed by atoms with van der Waals surface area (Å²) in [5.41, 5.74) is 7.43. The van der Waals surface area contributed by atoms with Gasteiger partial charge in [-0.3, -0.25) is 0 Å². The van der Waals surface area contributed by atoms with E-state index < -0.39 is 0 Å². The number of hydrogen-bond donors (Lipinski definition) is 2. The van der Waals surface area contributed by atoms with E-state index in [1.807, 2.05) is 13.0 Å². The van der Waals surface area contributed by atoms with Crippen LogP contribution in [0.4, 0.5) is 10.1 Å². The Hall–Kier alpha value is -1.13. The molecule has 106 valence electrons. The van der Waals surface area contributed by atoms with Crippen LogP contribution in [0.2, 0.25) is 0 Å². The molecule has 3 nitrogen and oxygen atoms in total. The molecule has 0 aliphatic carbocycles. The normalized spacial score (nSPS) is 21.5. The number of piperidine rings is 1. The van der Waals surface area contributed by atoms with E-state index in [4.69, 9.17) is 10.8 Å². The summed E-state index contributed by atoms with van der Waals surface area (Å²) in [5.74, 6) is 0.264. The van der Waals surface area contributed by atoms with Crippen LogP contribution in [0.15, 0.2) is 18.2 Å². The molecule has 1 heterocycles. The molecular weight excluding hydrogens is 243 g/mol. The largest absolute Gasteiger partial charge is 0.396 e. The molecule has 1 saturated heterocycles. The monoisotopic (exact) mass is 266 g/mol. The second kappa shape index (κ2) is 6.35. The topological polar surface area (TPSA) is 49.5 Å². The lowest BCUT2D eigenvalue weighted by atomic mass is 9.93. The molecule has 1 aliphatic heterocycles. The summed E-state index contributed by atoms with van der Waals surface area (Å²) in [5, 5.41) is 9.06. The summed E-state index contributed by atoms with van der Waals surface area (Å²) in [6.45, 7) is 3.85. The molecule has 1 aromatic carbocycles. The zero-order valence-corrected chi connectivity index (χ0v) is 11.5. The van der Waals surface area contributed by atoms with E-state index >= 15 is 0 Å². The first kappa shape index (κ1) is 14.3. The molecule has 19 heavy (non-hydrogen) atoms. The Morgan fingerprint density at radius 2 is 2.32 bits per heavy atom. The van der Waals surface area contributed by atoms with Crippen molar-refractivity contribution in [3.05, 3.63) is 29.6 Å². The van der Waals surface area contributed by atoms with Crippen molar-refractivity contribution in [3.63, 3.8) is 0 Å². The van der Waals surface area contributed by atoms with Crippen molar-refractivity contribution in [3.8, 4) is 0 Å². The van der Waals surface area contributed by atoms with Crippen molar-refractivity contribution >= 4 is 5.69 Å². The molecular formula is C15H23FN2O. The first-order chi connectivity index (χ1) is 9.13. The highest BCUT2D eigenvalue weighted by atomic mass is 19.1. The first-order valence-electron chi connectivity index (χ1n) is 7.03. The predicted octanol–water partition coefficient (Wildman–Crippen LogP) is 2.44. The predicted molar refractivity (Wildman–Crippen MR) is 75.6 cm³/mol. The molecule has 0 spiro atoms. The molecule has 2 rings (SSSR count). The van der Waals surface area contributed by atoms with Gasteiger partial charge in [-0.05, 0) is 44.2 Å². The standard InChI is InChI=1S/C15H23FN2O/c1-11(17)15-13(16)5-2-6-14(15)18-8-3-4-12(10-18)7-9-19/h2,5-6,11-12,19H,3-4,7-10,17H2,1H3. The first-order valence-corrected chi connectivity index (χ1v) is 7.03. The number of aliphatic hydroxyl groups excluding tert-OH is 1. The van der Waals surface area contributed by atoms with Crippen LogP contribution in [0.25, 0.3) is 0 Å².